The lowest BCUT2D eigenvalue weighted by molar-refractivity contribution is -0.121. The number of likely N-dealkylation sites (tertiary alicyclic amines) is 1. The number of aliphatic hydroxyl groups excluding tert-OH is 1. The minimum atomic E-state index is -0.484. The van der Waals surface area contributed by atoms with Gasteiger partial charge >= 0.3 is 0 Å². The van der Waals surface area contributed by atoms with Gasteiger partial charge in [-0.2, -0.15) is 0 Å². The fourth-order valence-electron chi connectivity index (χ4n) is 1.38. The lowest BCUT2D eigenvalue weighted by atomic mass is 10.1. The fourth-order valence-corrected chi connectivity index (χ4v) is 1.38. The molecule has 0 spiro atoms. The smallest absolute Gasteiger partial charge is 0.231 e. The molecule has 0 bridgehead atoms. The van der Waals surface area contributed by atoms with Crippen molar-refractivity contribution in [2.45, 2.75) is 19.6 Å². The number of nitrogens with zero attached hydrogens (tertiary/aromatic N) is 1. The minimum absolute atomic E-state index is 0.172. The molecule has 2 atom stereocenters. The Hall–Kier alpha value is -0.610. The Morgan fingerprint density at radius 3 is 2.82 bits per heavy atom. The zero-order valence-electron chi connectivity index (χ0n) is 6.66. The second-order valence-corrected chi connectivity index (χ2v) is 3.12. The van der Waals surface area contributed by atoms with E-state index in [2.05, 4.69) is 0 Å². The Balaban J connectivity index is 2.42. The highest BCUT2D eigenvalue weighted by Crippen LogP contribution is 2.20. The van der Waals surface area contributed by atoms with Crippen molar-refractivity contribution in [2.75, 3.05) is 13.1 Å². The van der Waals surface area contributed by atoms with E-state index in [0.717, 1.165) is 13.0 Å². The van der Waals surface area contributed by atoms with Crippen LogP contribution in [0, 0.1) is 5.92 Å². The van der Waals surface area contributed by atoms with Gasteiger partial charge in [-0.3, -0.25) is 9.69 Å². The maximum atomic E-state index is 10.5. The van der Waals surface area contributed by atoms with E-state index in [1.807, 2.05) is 6.92 Å². The van der Waals surface area contributed by atoms with Crippen molar-refractivity contribution < 1.29 is 9.90 Å². The van der Waals surface area contributed by atoms with Crippen LogP contribution >= 0.6 is 0 Å². The predicted molar refractivity (Wildman–Crippen MR) is 40.6 cm³/mol. The van der Waals surface area contributed by atoms with E-state index in [4.69, 9.17) is 5.73 Å². The van der Waals surface area contributed by atoms with Crippen molar-refractivity contribution in [3.63, 3.8) is 0 Å². The topological polar surface area (TPSA) is 66.6 Å². The molecule has 4 heteroatoms. The highest BCUT2D eigenvalue weighted by molar-refractivity contribution is 5.75. The molecule has 64 valence electrons. The highest BCUT2D eigenvalue weighted by Gasteiger charge is 2.29. The average Bonchev–Trinajstić information content (AvgIpc) is 2.18. The molecule has 1 rings (SSSR count). The molecule has 4 nitrogen and oxygen atoms in total. The van der Waals surface area contributed by atoms with Crippen molar-refractivity contribution in [3.8, 4) is 0 Å². The number of amides is 1. The van der Waals surface area contributed by atoms with E-state index in [0.29, 0.717) is 0 Å². The summed E-state index contributed by atoms with van der Waals surface area (Å²) in [6, 6.07) is 0. The van der Waals surface area contributed by atoms with Crippen LogP contribution in [0.4, 0.5) is 0 Å². The van der Waals surface area contributed by atoms with Crippen LogP contribution in [0.3, 0.4) is 0 Å². The second-order valence-electron chi connectivity index (χ2n) is 3.12. The van der Waals surface area contributed by atoms with Gasteiger partial charge in [-0.25, -0.2) is 0 Å². The number of aliphatic hydroxyl groups is 1. The summed E-state index contributed by atoms with van der Waals surface area (Å²) < 4.78 is 0. The summed E-state index contributed by atoms with van der Waals surface area (Å²) >= 11 is 0. The van der Waals surface area contributed by atoms with Crippen molar-refractivity contribution >= 4 is 5.91 Å². The molecular formula is C7H14N2O2. The SMILES string of the molecule is CC1CCN(CC(N)=O)C1O. The maximum Gasteiger partial charge on any atom is 0.231 e. The summed E-state index contributed by atoms with van der Waals surface area (Å²) in [5.74, 6) is -0.118. The largest absolute Gasteiger partial charge is 0.378 e. The highest BCUT2D eigenvalue weighted by atomic mass is 16.3. The van der Waals surface area contributed by atoms with Gasteiger partial charge in [0.1, 0.15) is 6.23 Å². The monoisotopic (exact) mass is 158 g/mol. The van der Waals surface area contributed by atoms with Crippen LogP contribution in [-0.2, 0) is 4.79 Å². The summed E-state index contributed by atoms with van der Waals surface area (Å²) in [6.07, 6.45) is 0.455. The van der Waals surface area contributed by atoms with Crippen LogP contribution in [0.1, 0.15) is 13.3 Å². The van der Waals surface area contributed by atoms with Gasteiger partial charge in [-0.15, -0.1) is 0 Å². The molecular weight excluding hydrogens is 144 g/mol. The Labute approximate surface area is 66.0 Å². The molecule has 1 aliphatic rings. The standard InChI is InChI=1S/C7H14N2O2/c1-5-2-3-9(7(5)11)4-6(8)10/h5,7,11H,2-4H2,1H3,(H2,8,10). The molecule has 0 radical (unpaired) electrons. The summed E-state index contributed by atoms with van der Waals surface area (Å²) in [7, 11) is 0. The number of nitrogens with two attached hydrogens (primary N) is 1. The number of carbonyl (C=O) groups is 1. The Morgan fingerprint density at radius 1 is 1.82 bits per heavy atom. The van der Waals surface area contributed by atoms with Crippen molar-refractivity contribution in [3.05, 3.63) is 0 Å². The van der Waals surface area contributed by atoms with Gasteiger partial charge in [0.15, 0.2) is 0 Å². The Bertz CT molecular complexity index is 161. The van der Waals surface area contributed by atoms with Crippen LogP contribution in [0.2, 0.25) is 0 Å². The second kappa shape index (κ2) is 3.19. The summed E-state index contributed by atoms with van der Waals surface area (Å²) in [4.78, 5) is 12.2. The molecule has 1 aliphatic heterocycles. The van der Waals surface area contributed by atoms with E-state index in [9.17, 15) is 9.90 Å². The molecule has 0 aliphatic carbocycles. The van der Waals surface area contributed by atoms with E-state index in [1.54, 1.807) is 4.90 Å². The first-order chi connectivity index (χ1) is 5.11. The summed E-state index contributed by atoms with van der Waals surface area (Å²) in [6.45, 7) is 2.91. The number of hydrogen-bond acceptors (Lipinski definition) is 3. The van der Waals surface area contributed by atoms with Crippen LogP contribution in [-0.4, -0.2) is 35.2 Å². The fraction of sp³-hybridized carbons (Fsp3) is 0.857. The first-order valence-electron chi connectivity index (χ1n) is 3.81. The van der Waals surface area contributed by atoms with Gasteiger partial charge in [-0.1, -0.05) is 6.92 Å². The lowest BCUT2D eigenvalue weighted by Crippen LogP contribution is -2.38. The van der Waals surface area contributed by atoms with E-state index in [-0.39, 0.29) is 18.4 Å². The van der Waals surface area contributed by atoms with Crippen molar-refractivity contribution in [1.29, 1.82) is 0 Å². The Kier molecular flexibility index (Phi) is 2.46. The maximum absolute atomic E-state index is 10.5. The third kappa shape index (κ3) is 1.91. The predicted octanol–water partition coefficient (Wildman–Crippen LogP) is -0.868. The number of primary amides is 1. The molecule has 3 N–H and O–H groups in total. The van der Waals surface area contributed by atoms with Crippen LogP contribution < -0.4 is 5.73 Å². The molecule has 0 saturated carbocycles. The third-order valence-electron chi connectivity index (χ3n) is 2.11. The molecule has 1 saturated heterocycles. The van der Waals surface area contributed by atoms with Crippen molar-refractivity contribution in [2.24, 2.45) is 11.7 Å². The van der Waals surface area contributed by atoms with E-state index in [1.165, 1.54) is 0 Å². The van der Waals surface area contributed by atoms with Gasteiger partial charge < -0.3 is 10.8 Å². The molecule has 0 aromatic carbocycles. The van der Waals surface area contributed by atoms with Gasteiger partial charge in [-0.05, 0) is 12.3 Å². The van der Waals surface area contributed by atoms with E-state index >= 15 is 0 Å². The molecule has 1 heterocycles. The normalized spacial score (nSPS) is 32.5. The van der Waals surface area contributed by atoms with Crippen LogP contribution in [0.5, 0.6) is 0 Å². The molecule has 1 fully saturated rings. The van der Waals surface area contributed by atoms with Gasteiger partial charge in [0.2, 0.25) is 5.91 Å². The average molecular weight is 158 g/mol. The number of carbonyl (C=O) groups excluding carboxylic acids is 1. The summed E-state index contributed by atoms with van der Waals surface area (Å²) in [5.41, 5.74) is 4.99. The van der Waals surface area contributed by atoms with Crippen molar-refractivity contribution in [1.82, 2.24) is 4.90 Å². The molecule has 11 heavy (non-hydrogen) atoms. The number of hydrogen-bond donors (Lipinski definition) is 2. The number of rotatable bonds is 2. The van der Waals surface area contributed by atoms with Crippen LogP contribution in [0.25, 0.3) is 0 Å². The Morgan fingerprint density at radius 2 is 2.45 bits per heavy atom. The quantitative estimate of drug-likeness (QED) is 0.549. The van der Waals surface area contributed by atoms with Gasteiger partial charge in [0.25, 0.3) is 0 Å². The first-order valence-corrected chi connectivity index (χ1v) is 3.81. The lowest BCUT2D eigenvalue weighted by Gasteiger charge is -2.19. The molecule has 0 aromatic heterocycles. The molecule has 1 amide bonds. The van der Waals surface area contributed by atoms with E-state index < -0.39 is 6.23 Å². The summed E-state index contributed by atoms with van der Waals surface area (Å²) in [5, 5.41) is 9.42. The zero-order valence-corrected chi connectivity index (χ0v) is 6.66. The van der Waals surface area contributed by atoms with Crippen LogP contribution in [0.15, 0.2) is 0 Å². The molecule has 0 aromatic rings. The zero-order chi connectivity index (χ0) is 8.43. The molecule has 2 unspecified atom stereocenters. The first kappa shape index (κ1) is 8.49. The third-order valence-corrected chi connectivity index (χ3v) is 2.11. The minimum Gasteiger partial charge on any atom is -0.378 e. The van der Waals surface area contributed by atoms with Gasteiger partial charge in [0.05, 0.1) is 6.54 Å². The van der Waals surface area contributed by atoms with Gasteiger partial charge in [0, 0.05) is 6.54 Å².